The number of nitrogens with two attached hydrogens (primary N) is 1. The molecule has 2 aromatic carbocycles. The Morgan fingerprint density at radius 3 is 2.58 bits per heavy atom. The predicted octanol–water partition coefficient (Wildman–Crippen LogP) is 3.05. The quantitative estimate of drug-likeness (QED) is 0.862. The van der Waals surface area contributed by atoms with Crippen LogP contribution >= 0.6 is 0 Å². The van der Waals surface area contributed by atoms with Crippen LogP contribution in [0.25, 0.3) is 0 Å². The van der Waals surface area contributed by atoms with Gasteiger partial charge in [0.25, 0.3) is 0 Å². The van der Waals surface area contributed by atoms with Crippen LogP contribution in [0.5, 0.6) is 11.5 Å². The predicted molar refractivity (Wildman–Crippen MR) is 96.5 cm³/mol. The van der Waals surface area contributed by atoms with E-state index >= 15 is 0 Å². The molecule has 138 valence electrons. The van der Waals surface area contributed by atoms with Crippen LogP contribution in [0.15, 0.2) is 42.5 Å². The monoisotopic (exact) mass is 358 g/mol. The summed E-state index contributed by atoms with van der Waals surface area (Å²) in [6, 6.07) is 11.6. The third kappa shape index (κ3) is 4.39. The zero-order valence-corrected chi connectivity index (χ0v) is 14.8. The summed E-state index contributed by atoms with van der Waals surface area (Å²) < 4.78 is 24.0. The summed E-state index contributed by atoms with van der Waals surface area (Å²) in [5, 5.41) is 2.91. The molecule has 1 aliphatic heterocycles. The van der Waals surface area contributed by atoms with Gasteiger partial charge in [-0.3, -0.25) is 4.79 Å². The second-order valence-corrected chi connectivity index (χ2v) is 6.61. The summed E-state index contributed by atoms with van der Waals surface area (Å²) >= 11 is 0. The third-order valence-corrected chi connectivity index (χ3v) is 4.57. The molecule has 1 aliphatic rings. The van der Waals surface area contributed by atoms with Crippen LogP contribution in [0.1, 0.15) is 24.0 Å². The number of benzene rings is 2. The van der Waals surface area contributed by atoms with E-state index in [2.05, 4.69) is 5.32 Å². The van der Waals surface area contributed by atoms with Gasteiger partial charge in [-0.1, -0.05) is 12.1 Å². The largest absolute Gasteiger partial charge is 0.457 e. The lowest BCUT2D eigenvalue weighted by molar-refractivity contribution is -0.129. The number of nitrogens with one attached hydrogen (secondary N) is 1. The van der Waals surface area contributed by atoms with E-state index in [-0.39, 0.29) is 11.7 Å². The first-order chi connectivity index (χ1) is 12.5. The molecule has 2 aromatic rings. The van der Waals surface area contributed by atoms with E-state index in [9.17, 15) is 9.18 Å². The topological polar surface area (TPSA) is 73.6 Å². The maximum absolute atomic E-state index is 13.0. The lowest BCUT2D eigenvalue weighted by atomic mass is 9.90. The lowest BCUT2D eigenvalue weighted by Gasteiger charge is -2.31. The Morgan fingerprint density at radius 2 is 1.92 bits per heavy atom. The Balaban J connectivity index is 1.60. The molecule has 0 aliphatic carbocycles. The van der Waals surface area contributed by atoms with Gasteiger partial charge in [-0.25, -0.2) is 4.39 Å². The number of ether oxygens (including phenoxy) is 2. The molecule has 0 atom stereocenters. The molecule has 5 nitrogen and oxygen atoms in total. The third-order valence-electron chi connectivity index (χ3n) is 4.57. The summed E-state index contributed by atoms with van der Waals surface area (Å²) in [7, 11) is 0. The van der Waals surface area contributed by atoms with E-state index in [4.69, 9.17) is 15.2 Å². The summed E-state index contributed by atoms with van der Waals surface area (Å²) in [5.41, 5.74) is 7.21. The Hall–Kier alpha value is -2.44. The molecule has 0 radical (unpaired) electrons. The van der Waals surface area contributed by atoms with Crippen molar-refractivity contribution in [2.24, 2.45) is 5.73 Å². The van der Waals surface area contributed by atoms with E-state index in [0.717, 1.165) is 11.1 Å². The fourth-order valence-electron chi connectivity index (χ4n) is 2.89. The summed E-state index contributed by atoms with van der Waals surface area (Å²) in [6.07, 6.45) is 1.06. The zero-order valence-electron chi connectivity index (χ0n) is 14.8. The van der Waals surface area contributed by atoms with Crippen molar-refractivity contribution in [3.8, 4) is 11.5 Å². The first kappa shape index (κ1) is 18.4. The van der Waals surface area contributed by atoms with Gasteiger partial charge in [0.2, 0.25) is 5.91 Å². The minimum absolute atomic E-state index is 0.148. The van der Waals surface area contributed by atoms with Gasteiger partial charge in [0.05, 0.1) is 5.54 Å². The number of carbonyl (C=O) groups is 1. The van der Waals surface area contributed by atoms with Gasteiger partial charge in [-0.15, -0.1) is 0 Å². The van der Waals surface area contributed by atoms with Gasteiger partial charge in [-0.2, -0.15) is 0 Å². The van der Waals surface area contributed by atoms with Crippen molar-refractivity contribution < 1.29 is 18.7 Å². The molecule has 6 heteroatoms. The first-order valence-corrected chi connectivity index (χ1v) is 8.64. The smallest absolute Gasteiger partial charge is 0.240 e. The number of carbonyl (C=O) groups excluding carboxylic acids is 1. The zero-order chi connectivity index (χ0) is 18.6. The average molecular weight is 358 g/mol. The lowest BCUT2D eigenvalue weighted by Crippen LogP contribution is -2.56. The molecule has 0 saturated carbocycles. The van der Waals surface area contributed by atoms with Crippen LogP contribution in [0, 0.1) is 12.7 Å². The molecular formula is C20H23FN2O3. The van der Waals surface area contributed by atoms with Crippen LogP contribution < -0.4 is 15.8 Å². The van der Waals surface area contributed by atoms with Crippen LogP contribution in [0.4, 0.5) is 4.39 Å². The summed E-state index contributed by atoms with van der Waals surface area (Å²) in [4.78, 5) is 12.4. The maximum Gasteiger partial charge on any atom is 0.240 e. The van der Waals surface area contributed by atoms with E-state index in [1.807, 2.05) is 25.1 Å². The van der Waals surface area contributed by atoms with Gasteiger partial charge < -0.3 is 20.5 Å². The highest BCUT2D eigenvalue weighted by atomic mass is 19.1. The maximum atomic E-state index is 13.0. The van der Waals surface area contributed by atoms with Crippen LogP contribution in [0.3, 0.4) is 0 Å². The SMILES string of the molecule is Cc1cc(CNC(=O)C2(N)CCOCC2)ccc1Oc1ccc(F)cc1. The summed E-state index contributed by atoms with van der Waals surface area (Å²) in [6.45, 7) is 3.35. The molecule has 1 saturated heterocycles. The van der Waals surface area contributed by atoms with Crippen molar-refractivity contribution in [2.75, 3.05) is 13.2 Å². The van der Waals surface area contributed by atoms with E-state index < -0.39 is 5.54 Å². The molecular weight excluding hydrogens is 335 g/mol. The Labute approximate surface area is 152 Å². The molecule has 3 N–H and O–H groups in total. The fraction of sp³-hybridized carbons (Fsp3) is 0.350. The number of aryl methyl sites for hydroxylation is 1. The highest BCUT2D eigenvalue weighted by Crippen LogP contribution is 2.26. The van der Waals surface area contributed by atoms with Gasteiger partial charge in [0.1, 0.15) is 17.3 Å². The van der Waals surface area contributed by atoms with Crippen LogP contribution in [-0.2, 0) is 16.1 Å². The van der Waals surface area contributed by atoms with Crippen molar-refractivity contribution in [1.29, 1.82) is 0 Å². The van der Waals surface area contributed by atoms with Crippen molar-refractivity contribution in [3.63, 3.8) is 0 Å². The van der Waals surface area contributed by atoms with Gasteiger partial charge in [0, 0.05) is 19.8 Å². The van der Waals surface area contributed by atoms with E-state index in [1.54, 1.807) is 12.1 Å². The fourth-order valence-corrected chi connectivity index (χ4v) is 2.89. The number of halogens is 1. The van der Waals surface area contributed by atoms with Gasteiger partial charge >= 0.3 is 0 Å². The molecule has 0 aromatic heterocycles. The van der Waals surface area contributed by atoms with Crippen LogP contribution in [-0.4, -0.2) is 24.7 Å². The second kappa shape index (κ2) is 7.85. The Morgan fingerprint density at radius 1 is 1.23 bits per heavy atom. The normalized spacial score (nSPS) is 16.1. The Kier molecular flexibility index (Phi) is 5.54. The van der Waals surface area contributed by atoms with Crippen molar-refractivity contribution >= 4 is 5.91 Å². The standard InChI is InChI=1S/C20H23FN2O3/c1-14-12-15(13-23-19(24)20(22)8-10-25-11-9-20)2-7-18(14)26-17-5-3-16(21)4-6-17/h2-7,12H,8-11,13,22H2,1H3,(H,23,24). The first-order valence-electron chi connectivity index (χ1n) is 8.64. The molecule has 0 spiro atoms. The summed E-state index contributed by atoms with van der Waals surface area (Å²) in [5.74, 6) is 0.805. The van der Waals surface area contributed by atoms with Gasteiger partial charge in [-0.05, 0) is 61.2 Å². The highest BCUT2D eigenvalue weighted by molar-refractivity contribution is 5.86. The molecule has 26 heavy (non-hydrogen) atoms. The molecule has 0 bridgehead atoms. The minimum atomic E-state index is -0.848. The molecule has 1 heterocycles. The number of hydrogen-bond donors (Lipinski definition) is 2. The van der Waals surface area contributed by atoms with E-state index in [0.29, 0.717) is 44.1 Å². The number of amides is 1. The van der Waals surface area contributed by atoms with Crippen molar-refractivity contribution in [2.45, 2.75) is 31.8 Å². The van der Waals surface area contributed by atoms with Crippen LogP contribution in [0.2, 0.25) is 0 Å². The average Bonchev–Trinajstić information content (AvgIpc) is 2.64. The second-order valence-electron chi connectivity index (χ2n) is 6.61. The molecule has 1 amide bonds. The van der Waals surface area contributed by atoms with Gasteiger partial charge in [0.15, 0.2) is 0 Å². The van der Waals surface area contributed by atoms with Crippen molar-refractivity contribution in [1.82, 2.24) is 5.32 Å². The number of rotatable bonds is 5. The molecule has 0 unspecified atom stereocenters. The van der Waals surface area contributed by atoms with Crippen molar-refractivity contribution in [3.05, 3.63) is 59.4 Å². The molecule has 3 rings (SSSR count). The Bertz CT molecular complexity index is 771. The van der Waals surface area contributed by atoms with E-state index in [1.165, 1.54) is 12.1 Å². The minimum Gasteiger partial charge on any atom is -0.457 e. The number of hydrogen-bond acceptors (Lipinski definition) is 4. The molecule has 1 fully saturated rings. The highest BCUT2D eigenvalue weighted by Gasteiger charge is 2.35.